The molecular formula is C28H32N4O3S. The number of methoxy groups -OCH3 is 1. The monoisotopic (exact) mass is 504 g/mol. The summed E-state index contributed by atoms with van der Waals surface area (Å²) in [7, 11) is 1.60. The van der Waals surface area contributed by atoms with Crippen molar-refractivity contribution in [2.45, 2.75) is 31.6 Å². The molecule has 36 heavy (non-hydrogen) atoms. The first-order chi connectivity index (χ1) is 17.6. The first-order valence-electron chi connectivity index (χ1n) is 12.6. The zero-order valence-corrected chi connectivity index (χ0v) is 21.4. The lowest BCUT2D eigenvalue weighted by Gasteiger charge is -2.37. The largest absolute Gasteiger partial charge is 0.497 e. The molecule has 0 radical (unpaired) electrons. The van der Waals surface area contributed by atoms with Crippen LogP contribution in [0.5, 0.6) is 5.75 Å². The summed E-state index contributed by atoms with van der Waals surface area (Å²) in [5.74, 6) is 0.456. The second kappa shape index (κ2) is 11.2. The Balaban J connectivity index is 1.18. The summed E-state index contributed by atoms with van der Waals surface area (Å²) in [5.41, 5.74) is 2.75. The Morgan fingerprint density at radius 2 is 1.81 bits per heavy atom. The third kappa shape index (κ3) is 5.60. The Bertz CT molecular complexity index is 1190. The van der Waals surface area contributed by atoms with Crippen molar-refractivity contribution in [3.8, 4) is 5.75 Å². The molecule has 1 aromatic heterocycles. The van der Waals surface area contributed by atoms with Crippen LogP contribution in [0.15, 0.2) is 54.6 Å². The van der Waals surface area contributed by atoms with Crippen molar-refractivity contribution in [1.29, 1.82) is 0 Å². The molecule has 1 fully saturated rings. The highest BCUT2D eigenvalue weighted by molar-refractivity contribution is 7.16. The Hall–Kier alpha value is -3.23. The number of carbonyl (C=O) groups excluding carboxylic acids is 2. The number of aromatic nitrogens is 1. The first kappa shape index (κ1) is 24.5. The summed E-state index contributed by atoms with van der Waals surface area (Å²) in [6.45, 7) is 4.33. The van der Waals surface area contributed by atoms with Gasteiger partial charge in [0.2, 0.25) is 5.91 Å². The van der Waals surface area contributed by atoms with E-state index in [9.17, 15) is 9.59 Å². The highest BCUT2D eigenvalue weighted by atomic mass is 32.1. The van der Waals surface area contributed by atoms with Gasteiger partial charge in [-0.2, -0.15) is 0 Å². The van der Waals surface area contributed by atoms with E-state index in [1.807, 2.05) is 11.0 Å². The molecule has 1 atom stereocenters. The van der Waals surface area contributed by atoms with Crippen LogP contribution in [0.2, 0.25) is 0 Å². The molecule has 5 rings (SSSR count). The van der Waals surface area contributed by atoms with Gasteiger partial charge < -0.3 is 9.64 Å². The van der Waals surface area contributed by atoms with E-state index in [2.05, 4.69) is 34.5 Å². The maximum Gasteiger partial charge on any atom is 0.257 e. The summed E-state index contributed by atoms with van der Waals surface area (Å²) in [6, 6.07) is 17.5. The van der Waals surface area contributed by atoms with Crippen LogP contribution in [0.1, 0.15) is 45.3 Å². The fourth-order valence-electron chi connectivity index (χ4n) is 4.97. The molecule has 3 aromatic rings. The van der Waals surface area contributed by atoms with Crippen molar-refractivity contribution in [2.24, 2.45) is 0 Å². The molecule has 1 unspecified atom stereocenters. The van der Waals surface area contributed by atoms with Gasteiger partial charge in [0.15, 0.2) is 5.13 Å². The highest BCUT2D eigenvalue weighted by Gasteiger charge is 2.34. The van der Waals surface area contributed by atoms with Gasteiger partial charge in [0.1, 0.15) is 5.75 Å². The van der Waals surface area contributed by atoms with E-state index in [1.54, 1.807) is 31.4 Å². The maximum absolute atomic E-state index is 13.5. The van der Waals surface area contributed by atoms with Gasteiger partial charge in [-0.3, -0.25) is 19.8 Å². The zero-order valence-electron chi connectivity index (χ0n) is 20.6. The molecule has 2 aromatic carbocycles. The summed E-state index contributed by atoms with van der Waals surface area (Å²) in [6.07, 6.45) is 3.72. The minimum atomic E-state index is -0.215. The highest BCUT2D eigenvalue weighted by Crippen LogP contribution is 2.38. The third-order valence-electron chi connectivity index (χ3n) is 7.07. The van der Waals surface area contributed by atoms with Crippen molar-refractivity contribution in [3.05, 3.63) is 76.3 Å². The SMILES string of the molecule is COc1ccc(C(=O)Nc2nc3c(s2)CCCC3C(=O)N2CCN(CCc3ccccc3)CC2)cc1. The van der Waals surface area contributed by atoms with Crippen molar-refractivity contribution in [2.75, 3.05) is 45.2 Å². The number of carbonyl (C=O) groups is 2. The van der Waals surface area contributed by atoms with Crippen LogP contribution >= 0.6 is 11.3 Å². The van der Waals surface area contributed by atoms with Gasteiger partial charge in [0.05, 0.1) is 18.7 Å². The molecule has 1 N–H and O–H groups in total. The Labute approximate surface area is 216 Å². The molecular weight excluding hydrogens is 472 g/mol. The van der Waals surface area contributed by atoms with Crippen LogP contribution in [-0.4, -0.2) is 66.4 Å². The smallest absolute Gasteiger partial charge is 0.257 e. The summed E-state index contributed by atoms with van der Waals surface area (Å²) >= 11 is 1.49. The number of thiazole rings is 1. The molecule has 1 aliphatic carbocycles. The zero-order chi connectivity index (χ0) is 24.9. The van der Waals surface area contributed by atoms with E-state index < -0.39 is 0 Å². The van der Waals surface area contributed by atoms with Crippen molar-refractivity contribution in [3.63, 3.8) is 0 Å². The topological polar surface area (TPSA) is 74.8 Å². The first-order valence-corrected chi connectivity index (χ1v) is 13.4. The van der Waals surface area contributed by atoms with E-state index >= 15 is 0 Å². The Morgan fingerprint density at radius 1 is 1.06 bits per heavy atom. The molecule has 7 nitrogen and oxygen atoms in total. The number of rotatable bonds is 7. The van der Waals surface area contributed by atoms with E-state index in [1.165, 1.54) is 16.9 Å². The van der Waals surface area contributed by atoms with Crippen LogP contribution in [-0.2, 0) is 17.6 Å². The van der Waals surface area contributed by atoms with Gasteiger partial charge in [-0.05, 0) is 55.5 Å². The number of piperazine rings is 1. The van der Waals surface area contributed by atoms with Crippen molar-refractivity contribution in [1.82, 2.24) is 14.8 Å². The van der Waals surface area contributed by atoms with Crippen LogP contribution in [0.3, 0.4) is 0 Å². The molecule has 1 saturated heterocycles. The Morgan fingerprint density at radius 3 is 2.53 bits per heavy atom. The average molecular weight is 505 g/mol. The fourth-order valence-corrected chi connectivity index (χ4v) is 6.03. The lowest BCUT2D eigenvalue weighted by atomic mass is 9.89. The number of amides is 2. The summed E-state index contributed by atoms with van der Waals surface area (Å²) in [4.78, 5) is 36.5. The number of aryl methyl sites for hydroxylation is 1. The molecule has 0 saturated carbocycles. The molecule has 0 bridgehead atoms. The van der Waals surface area contributed by atoms with E-state index in [0.29, 0.717) is 16.4 Å². The van der Waals surface area contributed by atoms with Gasteiger partial charge in [0.25, 0.3) is 5.91 Å². The van der Waals surface area contributed by atoms with Crippen LogP contribution in [0.4, 0.5) is 5.13 Å². The number of nitrogens with zero attached hydrogens (tertiary/aromatic N) is 3. The quantitative estimate of drug-likeness (QED) is 0.522. The lowest BCUT2D eigenvalue weighted by molar-refractivity contribution is -0.135. The van der Waals surface area contributed by atoms with Gasteiger partial charge in [-0.25, -0.2) is 4.98 Å². The molecule has 2 amide bonds. The lowest BCUT2D eigenvalue weighted by Crippen LogP contribution is -2.50. The number of benzene rings is 2. The molecule has 2 heterocycles. The molecule has 0 spiro atoms. The van der Waals surface area contributed by atoms with Crippen LogP contribution < -0.4 is 10.1 Å². The number of fused-ring (bicyclic) bond motifs is 1. The summed E-state index contributed by atoms with van der Waals surface area (Å²) in [5, 5.41) is 3.48. The molecule has 1 aliphatic heterocycles. The number of nitrogens with one attached hydrogen (secondary N) is 1. The van der Waals surface area contributed by atoms with E-state index in [0.717, 1.165) is 69.0 Å². The number of anilines is 1. The van der Waals surface area contributed by atoms with E-state index in [-0.39, 0.29) is 17.7 Å². The fraction of sp³-hybridized carbons (Fsp3) is 0.393. The second-order valence-corrected chi connectivity index (χ2v) is 10.4. The number of hydrogen-bond donors (Lipinski definition) is 1. The Kier molecular flexibility index (Phi) is 7.63. The van der Waals surface area contributed by atoms with Gasteiger partial charge >= 0.3 is 0 Å². The standard InChI is InChI=1S/C28H32N4O3S/c1-35-22-12-10-21(11-13-22)26(33)30-28-29-25-23(8-5-9-24(25)36-28)27(34)32-18-16-31(17-19-32)15-14-20-6-3-2-4-7-20/h2-4,6-7,10-13,23H,5,8-9,14-19H2,1H3,(H,29,30,33). The predicted octanol–water partition coefficient (Wildman–Crippen LogP) is 4.21. The third-order valence-corrected chi connectivity index (χ3v) is 8.11. The maximum atomic E-state index is 13.5. The minimum Gasteiger partial charge on any atom is -0.497 e. The average Bonchev–Trinajstić information content (AvgIpc) is 3.35. The molecule has 188 valence electrons. The van der Waals surface area contributed by atoms with Gasteiger partial charge in [-0.1, -0.05) is 30.3 Å². The summed E-state index contributed by atoms with van der Waals surface area (Å²) < 4.78 is 5.16. The van der Waals surface area contributed by atoms with Gasteiger partial charge in [-0.15, -0.1) is 11.3 Å². The normalized spacial score (nSPS) is 17.9. The molecule has 8 heteroatoms. The number of ether oxygens (including phenoxy) is 1. The second-order valence-electron chi connectivity index (χ2n) is 9.36. The van der Waals surface area contributed by atoms with Crippen molar-refractivity contribution < 1.29 is 14.3 Å². The van der Waals surface area contributed by atoms with Gasteiger partial charge in [0, 0.05) is 43.2 Å². The molecule has 2 aliphatic rings. The van der Waals surface area contributed by atoms with Crippen LogP contribution in [0.25, 0.3) is 0 Å². The van der Waals surface area contributed by atoms with Crippen molar-refractivity contribution >= 4 is 28.3 Å². The number of hydrogen-bond acceptors (Lipinski definition) is 6. The predicted molar refractivity (Wildman–Crippen MR) is 142 cm³/mol. The van der Waals surface area contributed by atoms with Crippen LogP contribution in [0, 0.1) is 0 Å². The van der Waals surface area contributed by atoms with E-state index in [4.69, 9.17) is 9.72 Å². The minimum absolute atomic E-state index is 0.178.